The van der Waals surface area contributed by atoms with E-state index in [9.17, 15) is 19.2 Å². The van der Waals surface area contributed by atoms with Crippen LogP contribution in [0.2, 0.25) is 0 Å². The highest BCUT2D eigenvalue weighted by Crippen LogP contribution is 2.32. The van der Waals surface area contributed by atoms with Crippen molar-refractivity contribution in [3.05, 3.63) is 45.0 Å². The van der Waals surface area contributed by atoms with Crippen LogP contribution in [-0.2, 0) is 20.9 Å². The molecule has 1 heterocycles. The van der Waals surface area contributed by atoms with Gasteiger partial charge in [0.2, 0.25) is 0 Å². The first-order valence-corrected chi connectivity index (χ1v) is 8.12. The number of hydrogen-bond acceptors (Lipinski definition) is 5. The molecule has 1 fully saturated rings. The van der Waals surface area contributed by atoms with E-state index in [0.29, 0.717) is 5.92 Å². The number of H-pyrrole nitrogens is 1. The van der Waals surface area contributed by atoms with Crippen molar-refractivity contribution in [2.24, 2.45) is 5.92 Å². The summed E-state index contributed by atoms with van der Waals surface area (Å²) in [7, 11) is 0. The molecule has 2 N–H and O–H groups in total. The molecule has 1 aromatic heterocycles. The molecule has 0 saturated heterocycles. The number of carbonyl (C=O) groups is 2. The molecule has 3 rings (SSSR count). The van der Waals surface area contributed by atoms with Crippen molar-refractivity contribution < 1.29 is 14.3 Å². The van der Waals surface area contributed by atoms with Gasteiger partial charge >= 0.3 is 5.97 Å². The molecule has 0 aliphatic heterocycles. The van der Waals surface area contributed by atoms with E-state index in [1.165, 1.54) is 12.1 Å². The number of nitrogens with one attached hydrogen (secondary N) is 2. The average Bonchev–Trinajstić information content (AvgIpc) is 3.43. The molecule has 1 aliphatic carbocycles. The molecule has 2 aromatic rings. The van der Waals surface area contributed by atoms with Gasteiger partial charge in [-0.05, 0) is 37.8 Å². The molecule has 1 aromatic carbocycles. The zero-order valence-electron chi connectivity index (χ0n) is 13.8. The SMILES string of the molecule is C[C@H](NC(=O)COC(=O)Cn1[nH]c(=O)c2ccccc2c1=O)C1CC1. The molecular weight excluding hydrogens is 326 g/mol. The lowest BCUT2D eigenvalue weighted by Crippen LogP contribution is -2.38. The maximum Gasteiger partial charge on any atom is 0.328 e. The number of amides is 1. The summed E-state index contributed by atoms with van der Waals surface area (Å²) in [5.41, 5.74) is -0.974. The summed E-state index contributed by atoms with van der Waals surface area (Å²) in [5.74, 6) is -0.657. The molecule has 8 nitrogen and oxygen atoms in total. The van der Waals surface area contributed by atoms with E-state index in [2.05, 4.69) is 10.4 Å². The number of fused-ring (bicyclic) bond motifs is 1. The summed E-state index contributed by atoms with van der Waals surface area (Å²) in [4.78, 5) is 47.8. The zero-order chi connectivity index (χ0) is 18.0. The quantitative estimate of drug-likeness (QED) is 0.724. The van der Waals surface area contributed by atoms with Gasteiger partial charge in [-0.2, -0.15) is 0 Å². The van der Waals surface area contributed by atoms with Crippen molar-refractivity contribution in [1.29, 1.82) is 0 Å². The van der Waals surface area contributed by atoms with Crippen LogP contribution in [0.15, 0.2) is 33.9 Å². The maximum atomic E-state index is 12.3. The average molecular weight is 345 g/mol. The molecule has 1 saturated carbocycles. The van der Waals surface area contributed by atoms with Gasteiger partial charge in [0.15, 0.2) is 6.61 Å². The van der Waals surface area contributed by atoms with E-state index >= 15 is 0 Å². The van der Waals surface area contributed by atoms with Gasteiger partial charge in [0, 0.05) is 6.04 Å². The van der Waals surface area contributed by atoms with Crippen molar-refractivity contribution in [2.75, 3.05) is 6.61 Å². The number of hydrogen-bond donors (Lipinski definition) is 2. The fourth-order valence-electron chi connectivity index (χ4n) is 2.69. The Labute approximate surface area is 142 Å². The smallest absolute Gasteiger partial charge is 0.328 e. The number of aromatic amines is 1. The second-order valence-corrected chi connectivity index (χ2v) is 6.23. The first kappa shape index (κ1) is 16.9. The van der Waals surface area contributed by atoms with E-state index < -0.39 is 30.2 Å². The van der Waals surface area contributed by atoms with E-state index in [1.54, 1.807) is 12.1 Å². The van der Waals surface area contributed by atoms with E-state index in [1.807, 2.05) is 6.92 Å². The third-order valence-corrected chi connectivity index (χ3v) is 4.25. The van der Waals surface area contributed by atoms with E-state index in [4.69, 9.17) is 4.74 Å². The first-order chi connectivity index (χ1) is 12.0. The summed E-state index contributed by atoms with van der Waals surface area (Å²) < 4.78 is 5.77. The maximum absolute atomic E-state index is 12.3. The van der Waals surface area contributed by atoms with Gasteiger partial charge in [-0.3, -0.25) is 24.3 Å². The molecule has 0 bridgehead atoms. The van der Waals surface area contributed by atoms with Crippen molar-refractivity contribution in [3.63, 3.8) is 0 Å². The number of aromatic nitrogens is 2. The fourth-order valence-corrected chi connectivity index (χ4v) is 2.69. The van der Waals surface area contributed by atoms with Gasteiger partial charge < -0.3 is 10.1 Å². The fraction of sp³-hybridized carbons (Fsp3) is 0.412. The topological polar surface area (TPSA) is 110 Å². The van der Waals surface area contributed by atoms with E-state index in [-0.39, 0.29) is 22.7 Å². The highest BCUT2D eigenvalue weighted by atomic mass is 16.5. The van der Waals surface area contributed by atoms with Crippen LogP contribution in [0.25, 0.3) is 10.8 Å². The third-order valence-electron chi connectivity index (χ3n) is 4.25. The van der Waals surface area contributed by atoms with Crippen molar-refractivity contribution >= 4 is 22.6 Å². The Morgan fingerprint density at radius 1 is 1.28 bits per heavy atom. The molecule has 1 amide bonds. The highest BCUT2D eigenvalue weighted by molar-refractivity contribution is 5.82. The van der Waals surface area contributed by atoms with Gasteiger partial charge in [-0.15, -0.1) is 0 Å². The Bertz CT molecular complexity index is 926. The van der Waals surface area contributed by atoms with Crippen LogP contribution >= 0.6 is 0 Å². The van der Waals surface area contributed by atoms with Crippen LogP contribution < -0.4 is 16.4 Å². The van der Waals surface area contributed by atoms with Crippen molar-refractivity contribution in [1.82, 2.24) is 15.1 Å². The standard InChI is InChI=1S/C17H19N3O5/c1-10(11-6-7-11)18-14(21)9-25-15(22)8-20-17(24)13-5-3-2-4-12(13)16(23)19-20/h2-5,10-11H,6-9H2,1H3,(H,18,21)(H,19,23)/t10-/m0/s1. The lowest BCUT2D eigenvalue weighted by atomic mass is 10.2. The Hall–Kier alpha value is -2.90. The zero-order valence-corrected chi connectivity index (χ0v) is 13.8. The minimum atomic E-state index is -0.776. The number of ether oxygens (including phenoxy) is 1. The highest BCUT2D eigenvalue weighted by Gasteiger charge is 2.29. The number of rotatable bonds is 6. The Morgan fingerprint density at radius 2 is 1.96 bits per heavy atom. The summed E-state index contributed by atoms with van der Waals surface area (Å²) in [5, 5.41) is 5.58. The van der Waals surface area contributed by atoms with Crippen LogP contribution in [0, 0.1) is 5.92 Å². The summed E-state index contributed by atoms with van der Waals surface area (Å²) in [6.45, 7) is 1.03. The molecular formula is C17H19N3O5. The number of benzene rings is 1. The monoisotopic (exact) mass is 345 g/mol. The largest absolute Gasteiger partial charge is 0.454 e. The van der Waals surface area contributed by atoms with Crippen LogP contribution in [0.1, 0.15) is 19.8 Å². The van der Waals surface area contributed by atoms with Crippen LogP contribution in [0.3, 0.4) is 0 Å². The second-order valence-electron chi connectivity index (χ2n) is 6.23. The molecule has 1 atom stereocenters. The number of nitrogens with zero attached hydrogens (tertiary/aromatic N) is 1. The summed E-state index contributed by atoms with van der Waals surface area (Å²) in [6.07, 6.45) is 2.19. The molecule has 8 heteroatoms. The third kappa shape index (κ3) is 3.96. The molecule has 25 heavy (non-hydrogen) atoms. The Morgan fingerprint density at radius 3 is 2.64 bits per heavy atom. The van der Waals surface area contributed by atoms with Crippen LogP contribution in [0.4, 0.5) is 0 Å². The van der Waals surface area contributed by atoms with Crippen LogP contribution in [-0.4, -0.2) is 34.3 Å². The Kier molecular flexibility index (Phi) is 4.69. The van der Waals surface area contributed by atoms with Crippen LogP contribution in [0.5, 0.6) is 0 Å². The minimum absolute atomic E-state index is 0.0608. The first-order valence-electron chi connectivity index (χ1n) is 8.12. The minimum Gasteiger partial charge on any atom is -0.454 e. The van der Waals surface area contributed by atoms with Gasteiger partial charge in [0.25, 0.3) is 17.0 Å². The molecule has 132 valence electrons. The molecule has 0 unspecified atom stereocenters. The van der Waals surface area contributed by atoms with Gasteiger partial charge in [0.1, 0.15) is 6.54 Å². The van der Waals surface area contributed by atoms with Gasteiger partial charge in [-0.25, -0.2) is 4.68 Å². The Balaban J connectivity index is 1.62. The van der Waals surface area contributed by atoms with Gasteiger partial charge in [0.05, 0.1) is 10.8 Å². The van der Waals surface area contributed by atoms with Crippen molar-refractivity contribution in [2.45, 2.75) is 32.4 Å². The second kappa shape index (κ2) is 6.92. The van der Waals surface area contributed by atoms with E-state index in [0.717, 1.165) is 17.5 Å². The summed E-state index contributed by atoms with van der Waals surface area (Å²) in [6, 6.07) is 6.39. The molecule has 0 radical (unpaired) electrons. The van der Waals surface area contributed by atoms with Crippen molar-refractivity contribution in [3.8, 4) is 0 Å². The normalized spacial score (nSPS) is 14.9. The predicted molar refractivity (Wildman–Crippen MR) is 90.1 cm³/mol. The number of carbonyl (C=O) groups excluding carboxylic acids is 2. The lowest BCUT2D eigenvalue weighted by Gasteiger charge is -2.13. The predicted octanol–water partition coefficient (Wildman–Crippen LogP) is 0.148. The summed E-state index contributed by atoms with van der Waals surface area (Å²) >= 11 is 0. The van der Waals surface area contributed by atoms with Gasteiger partial charge in [-0.1, -0.05) is 12.1 Å². The lowest BCUT2D eigenvalue weighted by molar-refractivity contribution is -0.149. The molecule has 1 aliphatic rings. The number of esters is 1. The molecule has 0 spiro atoms.